The number of anilines is 1. The minimum Gasteiger partial charge on any atom is -0.508 e. The Kier molecular flexibility index (Phi) is 2.91. The van der Waals surface area contributed by atoms with Crippen molar-refractivity contribution in [3.8, 4) is 11.5 Å². The van der Waals surface area contributed by atoms with Gasteiger partial charge in [-0.25, -0.2) is 0 Å². The van der Waals surface area contributed by atoms with Gasteiger partial charge in [0.25, 0.3) is 0 Å². The number of nitrogen functional groups attached to an aromatic ring is 1. The topological polar surface area (TPSA) is 72.6 Å². The summed E-state index contributed by atoms with van der Waals surface area (Å²) in [6.45, 7) is 0. The fourth-order valence-corrected chi connectivity index (χ4v) is 2.21. The molecule has 3 rings (SSSR count). The molecule has 4 nitrogen and oxygen atoms in total. The quantitative estimate of drug-likeness (QED) is 0.648. The second-order valence-corrected chi connectivity index (χ2v) is 4.64. The van der Waals surface area contributed by atoms with Crippen LogP contribution < -0.4 is 10.5 Å². The van der Waals surface area contributed by atoms with Gasteiger partial charge in [-0.2, -0.15) is 0 Å². The lowest BCUT2D eigenvalue weighted by Crippen LogP contribution is -2.10. The van der Waals surface area contributed by atoms with E-state index in [2.05, 4.69) is 0 Å². The van der Waals surface area contributed by atoms with Crippen LogP contribution in [0, 0.1) is 0 Å². The van der Waals surface area contributed by atoms with Gasteiger partial charge in [0.05, 0.1) is 5.92 Å². The number of nitrogens with two attached hydrogens (primary N) is 1. The van der Waals surface area contributed by atoms with Crippen molar-refractivity contribution < 1.29 is 14.6 Å². The van der Waals surface area contributed by atoms with Gasteiger partial charge in [0, 0.05) is 16.8 Å². The standard InChI is InChI=1S/C16H13NO3/c17-12-3-1-10(2-4-12)16-7-11(9-18)14-8-13(19)5-6-15(14)20-16/h1-9,11,19H,17H2. The molecule has 0 saturated heterocycles. The van der Waals surface area contributed by atoms with Crippen molar-refractivity contribution in [2.45, 2.75) is 5.92 Å². The summed E-state index contributed by atoms with van der Waals surface area (Å²) in [6.07, 6.45) is 2.57. The molecule has 1 aliphatic rings. The summed E-state index contributed by atoms with van der Waals surface area (Å²) in [4.78, 5) is 11.3. The van der Waals surface area contributed by atoms with E-state index >= 15 is 0 Å². The summed E-state index contributed by atoms with van der Waals surface area (Å²) in [5, 5.41) is 9.51. The van der Waals surface area contributed by atoms with Crippen LogP contribution in [0.25, 0.3) is 5.76 Å². The summed E-state index contributed by atoms with van der Waals surface area (Å²) < 4.78 is 5.80. The lowest BCUT2D eigenvalue weighted by atomic mass is 9.95. The molecule has 4 heteroatoms. The first-order valence-electron chi connectivity index (χ1n) is 6.21. The molecule has 1 heterocycles. The van der Waals surface area contributed by atoms with Crippen molar-refractivity contribution in [2.75, 3.05) is 5.73 Å². The Labute approximate surface area is 116 Å². The van der Waals surface area contributed by atoms with Crippen LogP contribution in [-0.2, 0) is 4.79 Å². The van der Waals surface area contributed by atoms with E-state index in [0.29, 0.717) is 22.8 Å². The Bertz CT molecular complexity index is 689. The van der Waals surface area contributed by atoms with Gasteiger partial charge in [0.2, 0.25) is 0 Å². The minimum atomic E-state index is -0.432. The van der Waals surface area contributed by atoms with Crippen LogP contribution >= 0.6 is 0 Å². The van der Waals surface area contributed by atoms with Crippen LogP contribution in [0.3, 0.4) is 0 Å². The van der Waals surface area contributed by atoms with Crippen LogP contribution in [0.4, 0.5) is 5.69 Å². The molecule has 0 bridgehead atoms. The van der Waals surface area contributed by atoms with Gasteiger partial charge in [-0.1, -0.05) is 0 Å². The van der Waals surface area contributed by atoms with Crippen molar-refractivity contribution in [2.24, 2.45) is 0 Å². The first-order chi connectivity index (χ1) is 9.67. The second-order valence-electron chi connectivity index (χ2n) is 4.64. The van der Waals surface area contributed by atoms with Crippen molar-refractivity contribution in [1.29, 1.82) is 0 Å². The van der Waals surface area contributed by atoms with Crippen LogP contribution in [0.15, 0.2) is 48.5 Å². The molecule has 2 aromatic rings. The Balaban J connectivity index is 2.04. The molecule has 3 N–H and O–H groups in total. The van der Waals surface area contributed by atoms with Gasteiger partial charge in [0.1, 0.15) is 23.5 Å². The van der Waals surface area contributed by atoms with Crippen LogP contribution in [-0.4, -0.2) is 11.4 Å². The molecule has 0 aliphatic carbocycles. The summed E-state index contributed by atoms with van der Waals surface area (Å²) in [6, 6.07) is 12.0. The average Bonchev–Trinajstić information content (AvgIpc) is 2.47. The zero-order chi connectivity index (χ0) is 14.1. The molecule has 1 unspecified atom stereocenters. The summed E-state index contributed by atoms with van der Waals surface area (Å²) >= 11 is 0. The number of phenols is 1. The first kappa shape index (κ1) is 12.3. The van der Waals surface area contributed by atoms with E-state index in [4.69, 9.17) is 10.5 Å². The van der Waals surface area contributed by atoms with E-state index in [1.807, 2.05) is 12.1 Å². The summed E-state index contributed by atoms with van der Waals surface area (Å²) in [5.74, 6) is 0.872. The number of fused-ring (bicyclic) bond motifs is 1. The number of benzene rings is 2. The number of hydrogen-bond donors (Lipinski definition) is 2. The second kappa shape index (κ2) is 4.74. The van der Waals surface area contributed by atoms with E-state index in [1.165, 1.54) is 6.07 Å². The van der Waals surface area contributed by atoms with Gasteiger partial charge >= 0.3 is 0 Å². The number of ether oxygens (including phenoxy) is 1. The molecule has 0 fully saturated rings. The summed E-state index contributed by atoms with van der Waals surface area (Å²) in [5.41, 5.74) is 7.85. The number of hydrogen-bond acceptors (Lipinski definition) is 4. The number of phenolic OH excluding ortho intramolecular Hbond substituents is 1. The Morgan fingerprint density at radius 3 is 2.60 bits per heavy atom. The third-order valence-corrected chi connectivity index (χ3v) is 3.25. The maximum absolute atomic E-state index is 11.3. The molecule has 0 spiro atoms. The lowest BCUT2D eigenvalue weighted by Gasteiger charge is -2.22. The first-order valence-corrected chi connectivity index (χ1v) is 6.21. The van der Waals surface area contributed by atoms with Crippen molar-refractivity contribution >= 4 is 17.7 Å². The molecular formula is C16H13NO3. The van der Waals surface area contributed by atoms with Crippen LogP contribution in [0.5, 0.6) is 11.5 Å². The zero-order valence-electron chi connectivity index (χ0n) is 10.6. The van der Waals surface area contributed by atoms with Crippen LogP contribution in [0.1, 0.15) is 17.0 Å². The SMILES string of the molecule is Nc1ccc(C2=CC(C=O)c3cc(O)ccc3O2)cc1. The third-order valence-electron chi connectivity index (χ3n) is 3.25. The fourth-order valence-electron chi connectivity index (χ4n) is 2.21. The Morgan fingerprint density at radius 2 is 1.90 bits per heavy atom. The van der Waals surface area contributed by atoms with Gasteiger partial charge in [-0.3, -0.25) is 0 Å². The number of aromatic hydroxyl groups is 1. The number of allylic oxidation sites excluding steroid dienone is 1. The highest BCUT2D eigenvalue weighted by Crippen LogP contribution is 2.38. The van der Waals surface area contributed by atoms with Crippen molar-refractivity contribution in [3.05, 3.63) is 59.7 Å². The van der Waals surface area contributed by atoms with Gasteiger partial charge in [-0.15, -0.1) is 0 Å². The highest BCUT2D eigenvalue weighted by Gasteiger charge is 2.22. The van der Waals surface area contributed by atoms with E-state index in [0.717, 1.165) is 11.8 Å². The van der Waals surface area contributed by atoms with Crippen molar-refractivity contribution in [3.63, 3.8) is 0 Å². The highest BCUT2D eigenvalue weighted by atomic mass is 16.5. The molecule has 0 aromatic heterocycles. The zero-order valence-corrected chi connectivity index (χ0v) is 10.6. The molecule has 20 heavy (non-hydrogen) atoms. The van der Waals surface area contributed by atoms with E-state index in [-0.39, 0.29) is 5.75 Å². The lowest BCUT2D eigenvalue weighted by molar-refractivity contribution is -0.108. The molecule has 0 radical (unpaired) electrons. The van der Waals surface area contributed by atoms with E-state index in [1.54, 1.807) is 30.3 Å². The smallest absolute Gasteiger partial charge is 0.131 e. The van der Waals surface area contributed by atoms with Gasteiger partial charge in [-0.05, 0) is 48.5 Å². The molecule has 0 saturated carbocycles. The largest absolute Gasteiger partial charge is 0.508 e. The maximum Gasteiger partial charge on any atom is 0.131 e. The van der Waals surface area contributed by atoms with Gasteiger partial charge in [0.15, 0.2) is 0 Å². The predicted molar refractivity (Wildman–Crippen MR) is 76.4 cm³/mol. The number of carbonyl (C=O) groups is 1. The molecule has 100 valence electrons. The normalized spacial score (nSPS) is 16.8. The molecule has 1 atom stereocenters. The predicted octanol–water partition coefficient (Wildman–Crippen LogP) is 2.69. The molecule has 2 aromatic carbocycles. The third kappa shape index (κ3) is 2.12. The Hall–Kier alpha value is -2.75. The van der Waals surface area contributed by atoms with Crippen LogP contribution in [0.2, 0.25) is 0 Å². The Morgan fingerprint density at radius 1 is 1.15 bits per heavy atom. The summed E-state index contributed by atoms with van der Waals surface area (Å²) in [7, 11) is 0. The monoisotopic (exact) mass is 267 g/mol. The molecular weight excluding hydrogens is 254 g/mol. The molecule has 0 amide bonds. The minimum absolute atomic E-state index is 0.114. The number of rotatable bonds is 2. The highest BCUT2D eigenvalue weighted by molar-refractivity contribution is 5.77. The fraction of sp³-hybridized carbons (Fsp3) is 0.0625. The number of aldehydes is 1. The maximum atomic E-state index is 11.3. The van der Waals surface area contributed by atoms with Crippen molar-refractivity contribution in [1.82, 2.24) is 0 Å². The van der Waals surface area contributed by atoms with E-state index < -0.39 is 5.92 Å². The van der Waals surface area contributed by atoms with E-state index in [9.17, 15) is 9.90 Å². The molecule has 1 aliphatic heterocycles. The average molecular weight is 267 g/mol. The van der Waals surface area contributed by atoms with Gasteiger partial charge < -0.3 is 20.4 Å². The number of carbonyl (C=O) groups excluding carboxylic acids is 1.